The van der Waals surface area contributed by atoms with E-state index in [0.717, 1.165) is 12.8 Å². The van der Waals surface area contributed by atoms with Gasteiger partial charge in [-0.2, -0.15) is 0 Å². The molecule has 2 bridgehead atoms. The molecule has 0 radical (unpaired) electrons. The highest BCUT2D eigenvalue weighted by atomic mass is 32.2. The molecular weight excluding hydrogens is 352 g/mol. The Morgan fingerprint density at radius 3 is 2.38 bits per heavy atom. The van der Waals surface area contributed by atoms with E-state index in [0.29, 0.717) is 17.5 Å². The fourth-order valence-electron chi connectivity index (χ4n) is 4.05. The summed E-state index contributed by atoms with van der Waals surface area (Å²) in [5.74, 6) is 1.36. The van der Waals surface area contributed by atoms with Crippen LogP contribution in [0.4, 0.5) is 11.6 Å². The number of rotatable bonds is 5. The van der Waals surface area contributed by atoms with E-state index in [1.807, 2.05) is 0 Å². The largest absolute Gasteiger partial charge is 0.326 e. The van der Waals surface area contributed by atoms with E-state index >= 15 is 0 Å². The lowest BCUT2D eigenvalue weighted by Crippen LogP contribution is -2.27. The fraction of sp³-hybridized carbons (Fsp3) is 0.389. The van der Waals surface area contributed by atoms with Crippen molar-refractivity contribution in [2.24, 2.45) is 17.8 Å². The number of sulfonamides is 1. The zero-order chi connectivity index (χ0) is 18.1. The summed E-state index contributed by atoms with van der Waals surface area (Å²) in [6, 6.07) is 7.73. The number of hydrogen-bond donors (Lipinski definition) is 2. The molecule has 2 aromatic rings. The molecule has 3 atom stereocenters. The quantitative estimate of drug-likeness (QED) is 0.840. The maximum absolute atomic E-state index is 12.5. The highest BCUT2D eigenvalue weighted by Crippen LogP contribution is 2.48. The van der Waals surface area contributed by atoms with Crippen molar-refractivity contribution in [2.45, 2.75) is 30.6 Å². The number of benzene rings is 1. The Morgan fingerprint density at radius 1 is 1.04 bits per heavy atom. The molecule has 3 unspecified atom stereocenters. The lowest BCUT2D eigenvalue weighted by Gasteiger charge is -2.20. The molecule has 136 valence electrons. The van der Waals surface area contributed by atoms with Crippen molar-refractivity contribution in [3.63, 3.8) is 0 Å². The van der Waals surface area contributed by atoms with Gasteiger partial charge in [-0.15, -0.1) is 0 Å². The van der Waals surface area contributed by atoms with Gasteiger partial charge in [-0.25, -0.2) is 23.1 Å². The van der Waals surface area contributed by atoms with Gasteiger partial charge in [0.25, 0.3) is 10.0 Å². The Hall–Kier alpha value is -2.48. The highest BCUT2D eigenvalue weighted by Gasteiger charge is 2.43. The molecule has 7 nitrogen and oxygen atoms in total. The van der Waals surface area contributed by atoms with Crippen LogP contribution in [-0.4, -0.2) is 24.3 Å². The van der Waals surface area contributed by atoms with Gasteiger partial charge in [0, 0.05) is 24.0 Å². The molecule has 26 heavy (non-hydrogen) atoms. The number of nitrogens with one attached hydrogen (secondary N) is 2. The van der Waals surface area contributed by atoms with Gasteiger partial charge in [-0.1, -0.05) is 6.42 Å². The van der Waals surface area contributed by atoms with Crippen molar-refractivity contribution in [1.82, 2.24) is 9.97 Å². The molecule has 0 saturated heterocycles. The molecule has 2 aliphatic rings. The second kappa shape index (κ2) is 6.68. The van der Waals surface area contributed by atoms with Crippen molar-refractivity contribution in [3.05, 3.63) is 42.7 Å². The molecule has 2 fully saturated rings. The van der Waals surface area contributed by atoms with E-state index in [9.17, 15) is 13.2 Å². The normalized spacial score (nSPS) is 24.4. The lowest BCUT2D eigenvalue weighted by molar-refractivity contribution is -0.121. The molecule has 1 aromatic heterocycles. The number of anilines is 2. The first-order valence-electron chi connectivity index (χ1n) is 8.72. The maximum atomic E-state index is 12.5. The first-order valence-corrected chi connectivity index (χ1v) is 10.2. The van der Waals surface area contributed by atoms with Crippen LogP contribution in [0, 0.1) is 17.8 Å². The predicted molar refractivity (Wildman–Crippen MR) is 96.9 cm³/mol. The standard InChI is InChI=1S/C18H20N4O3S/c23-17(16-11-12-2-3-13(16)10-12)21-14-4-6-15(7-5-14)26(24,25)22-18-19-8-1-9-20-18/h1,4-9,12-13,16H,2-3,10-11H2,(H,21,23)(H,19,20,22). The molecule has 2 N–H and O–H groups in total. The second-order valence-electron chi connectivity index (χ2n) is 6.97. The van der Waals surface area contributed by atoms with E-state index < -0.39 is 10.0 Å². The minimum Gasteiger partial charge on any atom is -0.326 e. The SMILES string of the molecule is O=C(Nc1ccc(S(=O)(=O)Nc2ncccn2)cc1)C1CC2CCC1C2. The van der Waals surface area contributed by atoms with E-state index in [-0.39, 0.29) is 22.7 Å². The monoisotopic (exact) mass is 372 g/mol. The molecule has 4 rings (SSSR count). The average Bonchev–Trinajstić information content (AvgIpc) is 3.26. The number of hydrogen-bond acceptors (Lipinski definition) is 5. The smallest absolute Gasteiger partial charge is 0.264 e. The van der Waals surface area contributed by atoms with Gasteiger partial charge < -0.3 is 5.32 Å². The Kier molecular flexibility index (Phi) is 4.36. The summed E-state index contributed by atoms with van der Waals surface area (Å²) in [5.41, 5.74) is 0.604. The third-order valence-corrected chi connectivity index (χ3v) is 6.64. The third-order valence-electron chi connectivity index (χ3n) is 5.30. The van der Waals surface area contributed by atoms with Crippen LogP contribution in [0.3, 0.4) is 0 Å². The number of nitrogens with zero attached hydrogens (tertiary/aromatic N) is 2. The van der Waals surface area contributed by atoms with Crippen molar-refractivity contribution in [2.75, 3.05) is 10.0 Å². The number of aromatic nitrogens is 2. The Bertz CT molecular complexity index is 900. The van der Waals surface area contributed by atoms with Gasteiger partial charge in [0.15, 0.2) is 0 Å². The summed E-state index contributed by atoms with van der Waals surface area (Å²) < 4.78 is 27.0. The van der Waals surface area contributed by atoms with Crippen molar-refractivity contribution < 1.29 is 13.2 Å². The molecule has 1 heterocycles. The zero-order valence-corrected chi connectivity index (χ0v) is 14.9. The number of amides is 1. The predicted octanol–water partition coefficient (Wildman–Crippen LogP) is 2.65. The van der Waals surface area contributed by atoms with E-state index in [1.54, 1.807) is 18.2 Å². The van der Waals surface area contributed by atoms with Crippen LogP contribution in [0.25, 0.3) is 0 Å². The summed E-state index contributed by atoms with van der Waals surface area (Å²) in [6.07, 6.45) is 7.46. The topological polar surface area (TPSA) is 101 Å². The van der Waals surface area contributed by atoms with Gasteiger partial charge in [0.1, 0.15) is 0 Å². The van der Waals surface area contributed by atoms with Gasteiger partial charge in [0.2, 0.25) is 11.9 Å². The van der Waals surface area contributed by atoms with Crippen LogP contribution in [0.2, 0.25) is 0 Å². The molecule has 0 spiro atoms. The van der Waals surface area contributed by atoms with E-state index in [1.165, 1.54) is 37.4 Å². The number of carbonyl (C=O) groups excluding carboxylic acids is 1. The molecule has 0 aliphatic heterocycles. The molecule has 1 aromatic carbocycles. The van der Waals surface area contributed by atoms with E-state index in [2.05, 4.69) is 20.0 Å². The van der Waals surface area contributed by atoms with Crippen LogP contribution < -0.4 is 10.0 Å². The second-order valence-corrected chi connectivity index (χ2v) is 8.66. The average molecular weight is 372 g/mol. The first kappa shape index (κ1) is 17.0. The minimum atomic E-state index is -3.77. The minimum absolute atomic E-state index is 0.0150. The van der Waals surface area contributed by atoms with Crippen LogP contribution in [0.15, 0.2) is 47.6 Å². The summed E-state index contributed by atoms with van der Waals surface area (Å²) >= 11 is 0. The molecule has 8 heteroatoms. The van der Waals surface area contributed by atoms with Gasteiger partial charge in [-0.3, -0.25) is 4.79 Å². The molecule has 1 amide bonds. The lowest BCUT2D eigenvalue weighted by atomic mass is 9.88. The van der Waals surface area contributed by atoms with Crippen LogP contribution in [0.1, 0.15) is 25.7 Å². The van der Waals surface area contributed by atoms with Gasteiger partial charge >= 0.3 is 0 Å². The van der Waals surface area contributed by atoms with Crippen LogP contribution in [-0.2, 0) is 14.8 Å². The Morgan fingerprint density at radius 2 is 1.77 bits per heavy atom. The Balaban J connectivity index is 1.42. The zero-order valence-electron chi connectivity index (χ0n) is 14.1. The summed E-state index contributed by atoms with van der Waals surface area (Å²) in [5, 5.41) is 2.92. The number of fused-ring (bicyclic) bond motifs is 2. The van der Waals surface area contributed by atoms with Crippen molar-refractivity contribution in [1.29, 1.82) is 0 Å². The van der Waals surface area contributed by atoms with E-state index in [4.69, 9.17) is 0 Å². The Labute approximate surface area is 152 Å². The molecule has 2 saturated carbocycles. The van der Waals surface area contributed by atoms with Crippen molar-refractivity contribution in [3.8, 4) is 0 Å². The van der Waals surface area contributed by atoms with Crippen molar-refractivity contribution >= 4 is 27.6 Å². The summed E-state index contributed by atoms with van der Waals surface area (Å²) in [6.45, 7) is 0. The highest BCUT2D eigenvalue weighted by molar-refractivity contribution is 7.92. The number of carbonyl (C=O) groups is 1. The summed E-state index contributed by atoms with van der Waals surface area (Å²) in [4.78, 5) is 20.3. The molecular formula is C18H20N4O3S. The molecule has 2 aliphatic carbocycles. The third kappa shape index (κ3) is 3.41. The van der Waals surface area contributed by atoms with Crippen LogP contribution in [0.5, 0.6) is 0 Å². The van der Waals surface area contributed by atoms with Gasteiger partial charge in [-0.05, 0) is 61.4 Å². The summed E-state index contributed by atoms with van der Waals surface area (Å²) in [7, 11) is -3.77. The first-order chi connectivity index (χ1) is 12.5. The maximum Gasteiger partial charge on any atom is 0.264 e. The van der Waals surface area contributed by atoms with Crippen LogP contribution >= 0.6 is 0 Å². The fourth-order valence-corrected chi connectivity index (χ4v) is 5.01. The van der Waals surface area contributed by atoms with Gasteiger partial charge in [0.05, 0.1) is 4.90 Å².